The Morgan fingerprint density at radius 2 is 2.08 bits per heavy atom. The maximum atomic E-state index is 13.0. The molecule has 0 spiro atoms. The molecular weight excluding hydrogens is 348 g/mol. The number of likely N-dealkylation sites (tertiary alicyclic amines) is 1. The number of amides is 1. The average molecular weight is 373 g/mol. The van der Waals surface area contributed by atoms with Crippen LogP contribution in [0.15, 0.2) is 24.3 Å². The Morgan fingerprint density at radius 1 is 1.27 bits per heavy atom. The third-order valence-electron chi connectivity index (χ3n) is 4.86. The van der Waals surface area contributed by atoms with Crippen molar-refractivity contribution in [2.24, 2.45) is 0 Å². The second kappa shape index (κ2) is 8.04. The quantitative estimate of drug-likeness (QED) is 0.829. The molecule has 1 atom stereocenters. The number of piperidine rings is 1. The molecule has 1 aliphatic heterocycles. The average Bonchev–Trinajstić information content (AvgIpc) is 2.63. The topological polar surface area (TPSA) is 58.1 Å². The highest BCUT2D eigenvalue weighted by molar-refractivity contribution is 6.31. The number of benzene rings is 1. The number of anilines is 2. The largest absolute Gasteiger partial charge is 0.334 e. The Bertz CT molecular complexity index is 808. The molecular formula is C20H25ClN4O. The SMILES string of the molecule is CCC1CCCCN1C(=O)c1cc(C)nc(Nc2ccc(C)c(Cl)c2)n1. The molecule has 1 N–H and O–H groups in total. The Balaban J connectivity index is 1.84. The third-order valence-corrected chi connectivity index (χ3v) is 5.27. The first-order valence-corrected chi connectivity index (χ1v) is 9.55. The maximum absolute atomic E-state index is 13.0. The van der Waals surface area contributed by atoms with Gasteiger partial charge in [0, 0.05) is 29.0 Å². The lowest BCUT2D eigenvalue weighted by atomic mass is 9.99. The van der Waals surface area contributed by atoms with Gasteiger partial charge in [-0.3, -0.25) is 4.79 Å². The second-order valence-electron chi connectivity index (χ2n) is 6.86. The van der Waals surface area contributed by atoms with Gasteiger partial charge >= 0.3 is 0 Å². The zero-order valence-electron chi connectivity index (χ0n) is 15.6. The summed E-state index contributed by atoms with van der Waals surface area (Å²) in [5.41, 5.74) is 3.01. The van der Waals surface area contributed by atoms with E-state index >= 15 is 0 Å². The van der Waals surface area contributed by atoms with Crippen molar-refractivity contribution in [3.8, 4) is 0 Å². The van der Waals surface area contributed by atoms with Crippen LogP contribution in [0.25, 0.3) is 0 Å². The molecule has 6 heteroatoms. The van der Waals surface area contributed by atoms with Crippen molar-refractivity contribution in [3.05, 3.63) is 46.2 Å². The predicted octanol–water partition coefficient (Wildman–Crippen LogP) is 4.90. The normalized spacial score (nSPS) is 17.2. The minimum absolute atomic E-state index is 0.00737. The van der Waals surface area contributed by atoms with E-state index in [1.807, 2.05) is 36.9 Å². The molecule has 1 saturated heterocycles. The fourth-order valence-corrected chi connectivity index (χ4v) is 3.55. The lowest BCUT2D eigenvalue weighted by molar-refractivity contribution is 0.0602. The summed E-state index contributed by atoms with van der Waals surface area (Å²) < 4.78 is 0. The van der Waals surface area contributed by atoms with Crippen LogP contribution in [0, 0.1) is 13.8 Å². The van der Waals surface area contributed by atoms with Gasteiger partial charge in [0.1, 0.15) is 5.69 Å². The summed E-state index contributed by atoms with van der Waals surface area (Å²) in [5.74, 6) is 0.408. The molecule has 2 heterocycles. The van der Waals surface area contributed by atoms with Gasteiger partial charge in [0.25, 0.3) is 5.91 Å². The van der Waals surface area contributed by atoms with Crippen LogP contribution in [0.5, 0.6) is 0 Å². The summed E-state index contributed by atoms with van der Waals surface area (Å²) >= 11 is 6.18. The van der Waals surface area contributed by atoms with Crippen molar-refractivity contribution in [1.82, 2.24) is 14.9 Å². The van der Waals surface area contributed by atoms with E-state index < -0.39 is 0 Å². The Hall–Kier alpha value is -2.14. The van der Waals surface area contributed by atoms with Gasteiger partial charge in [0.15, 0.2) is 0 Å². The lowest BCUT2D eigenvalue weighted by Crippen LogP contribution is -2.43. The fraction of sp³-hybridized carbons (Fsp3) is 0.450. The van der Waals surface area contributed by atoms with E-state index in [0.29, 0.717) is 22.7 Å². The summed E-state index contributed by atoms with van der Waals surface area (Å²) in [6.45, 7) is 6.76. The number of carbonyl (C=O) groups excluding carboxylic acids is 1. The van der Waals surface area contributed by atoms with Crippen LogP contribution in [-0.4, -0.2) is 33.4 Å². The van der Waals surface area contributed by atoms with Crippen molar-refractivity contribution in [2.75, 3.05) is 11.9 Å². The first kappa shape index (κ1) is 18.6. The van der Waals surface area contributed by atoms with E-state index in [9.17, 15) is 4.79 Å². The monoisotopic (exact) mass is 372 g/mol. The standard InChI is InChI=1S/C20H25ClN4O/c1-4-16-7-5-6-10-25(16)19(26)18-11-14(3)22-20(24-18)23-15-9-8-13(2)17(21)12-15/h8-9,11-12,16H,4-7,10H2,1-3H3,(H,22,23,24). The highest BCUT2D eigenvalue weighted by Crippen LogP contribution is 2.24. The molecule has 5 nitrogen and oxygen atoms in total. The first-order valence-electron chi connectivity index (χ1n) is 9.17. The highest BCUT2D eigenvalue weighted by Gasteiger charge is 2.27. The van der Waals surface area contributed by atoms with Gasteiger partial charge in [0.05, 0.1) is 0 Å². The molecule has 0 aliphatic carbocycles. The molecule has 0 bridgehead atoms. The number of hydrogen-bond donors (Lipinski definition) is 1. The van der Waals surface area contributed by atoms with Crippen molar-refractivity contribution >= 4 is 29.1 Å². The molecule has 0 saturated carbocycles. The Labute approximate surface area is 159 Å². The molecule has 26 heavy (non-hydrogen) atoms. The summed E-state index contributed by atoms with van der Waals surface area (Å²) in [6, 6.07) is 7.76. The van der Waals surface area contributed by atoms with Gasteiger partial charge in [-0.25, -0.2) is 9.97 Å². The van der Waals surface area contributed by atoms with Gasteiger partial charge in [-0.2, -0.15) is 0 Å². The molecule has 1 amide bonds. The van der Waals surface area contributed by atoms with Crippen molar-refractivity contribution in [2.45, 2.75) is 52.5 Å². The van der Waals surface area contributed by atoms with Gasteiger partial charge in [-0.05, 0) is 63.3 Å². The summed E-state index contributed by atoms with van der Waals surface area (Å²) in [7, 11) is 0. The molecule has 2 aromatic rings. The molecule has 1 aromatic carbocycles. The number of nitrogens with one attached hydrogen (secondary N) is 1. The van der Waals surface area contributed by atoms with Crippen LogP contribution in [0.3, 0.4) is 0 Å². The van der Waals surface area contributed by atoms with Crippen molar-refractivity contribution in [1.29, 1.82) is 0 Å². The van der Waals surface area contributed by atoms with Crippen LogP contribution in [0.1, 0.15) is 54.4 Å². The van der Waals surface area contributed by atoms with Crippen molar-refractivity contribution in [3.63, 3.8) is 0 Å². The zero-order valence-corrected chi connectivity index (χ0v) is 16.3. The van der Waals surface area contributed by atoms with Crippen LogP contribution < -0.4 is 5.32 Å². The van der Waals surface area contributed by atoms with E-state index in [1.165, 1.54) is 6.42 Å². The lowest BCUT2D eigenvalue weighted by Gasteiger charge is -2.35. The summed E-state index contributed by atoms with van der Waals surface area (Å²) in [6.07, 6.45) is 4.29. The fourth-order valence-electron chi connectivity index (χ4n) is 3.37. The second-order valence-corrected chi connectivity index (χ2v) is 7.27. The number of nitrogens with zero attached hydrogens (tertiary/aromatic N) is 3. The molecule has 1 unspecified atom stereocenters. The molecule has 1 fully saturated rings. The predicted molar refractivity (Wildman–Crippen MR) is 105 cm³/mol. The maximum Gasteiger partial charge on any atom is 0.272 e. The van der Waals surface area contributed by atoms with Crippen LogP contribution in [0.4, 0.5) is 11.6 Å². The molecule has 3 rings (SSSR count). The van der Waals surface area contributed by atoms with Gasteiger partial charge in [-0.1, -0.05) is 24.6 Å². The molecule has 1 aliphatic rings. The van der Waals surface area contributed by atoms with Crippen LogP contribution in [-0.2, 0) is 0 Å². The van der Waals surface area contributed by atoms with Gasteiger partial charge < -0.3 is 10.2 Å². The summed E-state index contributed by atoms with van der Waals surface area (Å²) in [5, 5.41) is 3.84. The van der Waals surface area contributed by atoms with E-state index in [-0.39, 0.29) is 5.91 Å². The number of halogens is 1. The molecule has 138 valence electrons. The third kappa shape index (κ3) is 4.15. The number of aryl methyl sites for hydroxylation is 2. The Morgan fingerprint density at radius 3 is 2.81 bits per heavy atom. The molecule has 0 radical (unpaired) electrons. The van der Waals surface area contributed by atoms with Crippen molar-refractivity contribution < 1.29 is 4.79 Å². The van der Waals surface area contributed by atoms with Gasteiger partial charge in [0.2, 0.25) is 5.95 Å². The highest BCUT2D eigenvalue weighted by atomic mass is 35.5. The van der Waals surface area contributed by atoms with Crippen LogP contribution in [0.2, 0.25) is 5.02 Å². The minimum atomic E-state index is -0.00737. The van der Waals surface area contributed by atoms with E-state index in [4.69, 9.17) is 11.6 Å². The Kier molecular flexibility index (Phi) is 5.77. The van der Waals surface area contributed by atoms with Gasteiger partial charge in [-0.15, -0.1) is 0 Å². The van der Waals surface area contributed by atoms with Crippen LogP contribution >= 0.6 is 11.6 Å². The first-order chi connectivity index (χ1) is 12.5. The van der Waals surface area contributed by atoms with E-state index in [2.05, 4.69) is 22.2 Å². The number of aromatic nitrogens is 2. The number of carbonyl (C=O) groups is 1. The summed E-state index contributed by atoms with van der Waals surface area (Å²) in [4.78, 5) is 23.9. The zero-order chi connectivity index (χ0) is 18.7. The molecule has 1 aromatic heterocycles. The van der Waals surface area contributed by atoms with E-state index in [0.717, 1.165) is 42.8 Å². The van der Waals surface area contributed by atoms with E-state index in [1.54, 1.807) is 6.07 Å². The minimum Gasteiger partial charge on any atom is -0.334 e. The number of rotatable bonds is 4. The number of hydrogen-bond acceptors (Lipinski definition) is 4. The smallest absolute Gasteiger partial charge is 0.272 e.